The summed E-state index contributed by atoms with van der Waals surface area (Å²) >= 11 is 4.58. The molecule has 5 N–H and O–H groups in total. The lowest BCUT2D eigenvalue weighted by molar-refractivity contribution is 0.101. The van der Waals surface area contributed by atoms with E-state index in [1.54, 1.807) is 18.2 Å². The van der Waals surface area contributed by atoms with Crippen LogP contribution in [0.5, 0.6) is 0 Å². The molecule has 0 radical (unpaired) electrons. The normalized spacial score (nSPS) is 10.3. The number of thiocarbonyl (C=S) groups is 1. The van der Waals surface area contributed by atoms with Crippen molar-refractivity contribution in [1.82, 2.24) is 5.43 Å². The van der Waals surface area contributed by atoms with Gasteiger partial charge in [-0.25, -0.2) is 0 Å². The van der Waals surface area contributed by atoms with Gasteiger partial charge in [-0.15, -0.1) is 0 Å². The molecule has 84 valence electrons. The van der Waals surface area contributed by atoms with Gasteiger partial charge in [0.15, 0.2) is 10.9 Å². The second kappa shape index (κ2) is 5.22. The molecular weight excluding hydrogens is 224 g/mol. The van der Waals surface area contributed by atoms with Crippen LogP contribution in [0.3, 0.4) is 0 Å². The molecule has 0 unspecified atom stereocenters. The van der Waals surface area contributed by atoms with Gasteiger partial charge in [-0.1, -0.05) is 12.1 Å². The first-order valence-electron chi connectivity index (χ1n) is 4.49. The van der Waals surface area contributed by atoms with Gasteiger partial charge in [0.2, 0.25) is 0 Å². The van der Waals surface area contributed by atoms with E-state index in [9.17, 15) is 4.79 Å². The van der Waals surface area contributed by atoms with Crippen LogP contribution in [0, 0.1) is 0 Å². The van der Waals surface area contributed by atoms with E-state index >= 15 is 0 Å². The molecule has 5 nitrogen and oxygen atoms in total. The fourth-order valence-corrected chi connectivity index (χ4v) is 1.13. The van der Waals surface area contributed by atoms with E-state index in [4.69, 9.17) is 11.5 Å². The van der Waals surface area contributed by atoms with Gasteiger partial charge in [-0.05, 0) is 25.2 Å². The highest BCUT2D eigenvalue weighted by molar-refractivity contribution is 7.80. The number of ketones is 1. The third kappa shape index (κ3) is 3.32. The van der Waals surface area contributed by atoms with Gasteiger partial charge < -0.3 is 11.5 Å². The van der Waals surface area contributed by atoms with E-state index in [2.05, 4.69) is 22.7 Å². The molecule has 0 aliphatic rings. The average Bonchev–Trinajstić information content (AvgIpc) is 2.19. The van der Waals surface area contributed by atoms with E-state index in [1.807, 2.05) is 0 Å². The monoisotopic (exact) mass is 236 g/mol. The van der Waals surface area contributed by atoms with Crippen molar-refractivity contribution in [1.29, 1.82) is 0 Å². The molecule has 0 aliphatic heterocycles. The average molecular weight is 236 g/mol. The van der Waals surface area contributed by atoms with Crippen LogP contribution in [0.4, 0.5) is 5.69 Å². The van der Waals surface area contributed by atoms with Crippen LogP contribution >= 0.6 is 12.2 Å². The molecule has 1 aromatic rings. The Morgan fingerprint density at radius 2 is 2.25 bits per heavy atom. The summed E-state index contributed by atoms with van der Waals surface area (Å²) in [7, 11) is 0. The van der Waals surface area contributed by atoms with Crippen LogP contribution < -0.4 is 16.9 Å². The zero-order valence-electron chi connectivity index (χ0n) is 8.73. The summed E-state index contributed by atoms with van der Waals surface area (Å²) in [5, 5.41) is 3.85. The molecule has 0 aliphatic carbocycles. The molecule has 0 atom stereocenters. The van der Waals surface area contributed by atoms with Crippen molar-refractivity contribution in [3.05, 3.63) is 29.3 Å². The Morgan fingerprint density at radius 3 is 2.75 bits per heavy atom. The van der Waals surface area contributed by atoms with E-state index in [-0.39, 0.29) is 10.9 Å². The summed E-state index contributed by atoms with van der Waals surface area (Å²) in [5.74, 6) is -0.0311. The van der Waals surface area contributed by atoms with Gasteiger partial charge in [0, 0.05) is 16.8 Å². The lowest BCUT2D eigenvalue weighted by Gasteiger charge is -2.02. The number of benzene rings is 1. The van der Waals surface area contributed by atoms with Crippen LogP contribution in [0.15, 0.2) is 23.3 Å². The number of nitrogens with two attached hydrogens (primary N) is 2. The summed E-state index contributed by atoms with van der Waals surface area (Å²) in [6.45, 7) is 1.48. The van der Waals surface area contributed by atoms with Gasteiger partial charge in [0.05, 0.1) is 6.21 Å². The SMILES string of the molecule is CC(=O)c1ccc(C=NNC(N)=S)c(N)c1. The Labute approximate surface area is 98.5 Å². The predicted octanol–water partition coefficient (Wildman–Crippen LogP) is 0.638. The van der Waals surface area contributed by atoms with Gasteiger partial charge in [0.25, 0.3) is 0 Å². The highest BCUT2D eigenvalue weighted by atomic mass is 32.1. The van der Waals surface area contributed by atoms with Crippen molar-refractivity contribution in [3.63, 3.8) is 0 Å². The van der Waals surface area contributed by atoms with Crippen LogP contribution in [0.25, 0.3) is 0 Å². The van der Waals surface area contributed by atoms with Crippen LogP contribution in [0.1, 0.15) is 22.8 Å². The van der Waals surface area contributed by atoms with Crippen LogP contribution in [0.2, 0.25) is 0 Å². The van der Waals surface area contributed by atoms with E-state index in [1.165, 1.54) is 13.1 Å². The fourth-order valence-electron chi connectivity index (χ4n) is 1.08. The molecule has 0 amide bonds. The molecule has 0 heterocycles. The number of hydrogen-bond acceptors (Lipinski definition) is 4. The van der Waals surface area contributed by atoms with Crippen LogP contribution in [-0.4, -0.2) is 17.1 Å². The minimum Gasteiger partial charge on any atom is -0.398 e. The molecule has 0 fully saturated rings. The Balaban J connectivity index is 2.87. The van der Waals surface area contributed by atoms with Gasteiger partial charge in [-0.2, -0.15) is 5.10 Å². The first-order chi connectivity index (χ1) is 7.50. The first-order valence-corrected chi connectivity index (χ1v) is 4.90. The summed E-state index contributed by atoms with van der Waals surface area (Å²) in [6.07, 6.45) is 1.48. The number of nitrogen functional groups attached to an aromatic ring is 1. The zero-order valence-corrected chi connectivity index (χ0v) is 9.54. The Bertz CT molecular complexity index is 456. The molecule has 6 heteroatoms. The molecule has 0 aromatic heterocycles. The number of hydrazone groups is 1. The van der Waals surface area contributed by atoms with E-state index < -0.39 is 0 Å². The van der Waals surface area contributed by atoms with Crippen LogP contribution in [-0.2, 0) is 0 Å². The maximum absolute atomic E-state index is 11.1. The summed E-state index contributed by atoms with van der Waals surface area (Å²) in [6, 6.07) is 4.99. The number of anilines is 1. The number of nitrogens with zero attached hydrogens (tertiary/aromatic N) is 1. The topological polar surface area (TPSA) is 93.5 Å². The maximum atomic E-state index is 11.1. The van der Waals surface area contributed by atoms with Gasteiger partial charge in [-0.3, -0.25) is 10.2 Å². The minimum atomic E-state index is -0.0311. The Hall–Kier alpha value is -1.95. The highest BCUT2D eigenvalue weighted by Crippen LogP contribution is 2.12. The third-order valence-corrected chi connectivity index (χ3v) is 1.96. The molecule has 0 saturated carbocycles. The van der Waals surface area contributed by atoms with E-state index in [0.717, 1.165) is 0 Å². The van der Waals surface area contributed by atoms with Gasteiger partial charge >= 0.3 is 0 Å². The molecule has 1 aromatic carbocycles. The molecular formula is C10H12N4OS. The predicted molar refractivity (Wildman–Crippen MR) is 68.4 cm³/mol. The standard InChI is InChI=1S/C10H12N4OS/c1-6(15)7-2-3-8(9(11)4-7)5-13-14-10(12)16/h2-5H,11H2,1H3,(H3,12,14,16). The summed E-state index contributed by atoms with van der Waals surface area (Å²) < 4.78 is 0. The quantitative estimate of drug-likeness (QED) is 0.235. The van der Waals surface area contributed by atoms with E-state index in [0.29, 0.717) is 16.8 Å². The second-order valence-corrected chi connectivity index (χ2v) is 3.57. The molecule has 16 heavy (non-hydrogen) atoms. The number of Topliss-reactive ketones (excluding diaryl/α,β-unsaturated/α-hetero) is 1. The second-order valence-electron chi connectivity index (χ2n) is 3.13. The third-order valence-electron chi connectivity index (χ3n) is 1.87. The zero-order chi connectivity index (χ0) is 12.1. The van der Waals surface area contributed by atoms with Crippen molar-refractivity contribution < 1.29 is 4.79 Å². The minimum absolute atomic E-state index is 0.0311. The Kier molecular flexibility index (Phi) is 3.96. The lowest BCUT2D eigenvalue weighted by atomic mass is 10.1. The number of nitrogens with one attached hydrogen (secondary N) is 1. The summed E-state index contributed by atoms with van der Waals surface area (Å²) in [4.78, 5) is 11.1. The fraction of sp³-hybridized carbons (Fsp3) is 0.100. The van der Waals surface area contributed by atoms with Crippen molar-refractivity contribution in [3.8, 4) is 0 Å². The molecule has 0 bridgehead atoms. The van der Waals surface area contributed by atoms with Gasteiger partial charge in [0.1, 0.15) is 0 Å². The van der Waals surface area contributed by atoms with Crippen molar-refractivity contribution in [2.24, 2.45) is 10.8 Å². The number of rotatable bonds is 3. The summed E-state index contributed by atoms with van der Waals surface area (Å²) in [5.41, 5.74) is 15.1. The molecule has 0 saturated heterocycles. The Morgan fingerprint density at radius 1 is 1.56 bits per heavy atom. The molecule has 1 rings (SSSR count). The highest BCUT2D eigenvalue weighted by Gasteiger charge is 2.02. The largest absolute Gasteiger partial charge is 0.398 e. The van der Waals surface area contributed by atoms with Crippen molar-refractivity contribution in [2.75, 3.05) is 5.73 Å². The number of carbonyl (C=O) groups is 1. The lowest BCUT2D eigenvalue weighted by Crippen LogP contribution is -2.24. The first kappa shape index (κ1) is 12.1. The molecule has 0 spiro atoms. The smallest absolute Gasteiger partial charge is 0.184 e. The van der Waals surface area contributed by atoms with Crippen molar-refractivity contribution in [2.45, 2.75) is 6.92 Å². The number of carbonyl (C=O) groups excluding carboxylic acids is 1. The van der Waals surface area contributed by atoms with Crippen molar-refractivity contribution >= 4 is 35.0 Å². The maximum Gasteiger partial charge on any atom is 0.184 e. The number of hydrogen-bond donors (Lipinski definition) is 3.